The summed E-state index contributed by atoms with van der Waals surface area (Å²) in [5, 5.41) is -0.102. The van der Waals surface area contributed by atoms with Crippen LogP contribution < -0.4 is 5.73 Å². The third-order valence-corrected chi connectivity index (χ3v) is 4.02. The Bertz CT molecular complexity index is 366. The number of β-lactam (4-membered cyclic amide) rings is 1. The molecule has 15 heavy (non-hydrogen) atoms. The third kappa shape index (κ3) is 1.36. The molecule has 1 amide bonds. The van der Waals surface area contributed by atoms with Crippen LogP contribution in [-0.4, -0.2) is 41.1 Å². The van der Waals surface area contributed by atoms with E-state index in [-0.39, 0.29) is 11.3 Å². The third-order valence-electron chi connectivity index (χ3n) is 2.58. The lowest BCUT2D eigenvalue weighted by molar-refractivity contribution is -0.149. The van der Waals surface area contributed by atoms with Crippen LogP contribution in [0.2, 0.25) is 0 Å². The topological polar surface area (TPSA) is 72.6 Å². The number of carbonyl (C=O) groups is 2. The van der Waals surface area contributed by atoms with Gasteiger partial charge in [0.15, 0.2) is 0 Å². The lowest BCUT2D eigenvalue weighted by Gasteiger charge is -2.47. The number of esters is 1. The molecular formula is C9H12N2O3S. The summed E-state index contributed by atoms with van der Waals surface area (Å²) in [6.07, 6.45) is 0. The Balaban J connectivity index is 2.33. The molecule has 82 valence electrons. The number of hydrogen-bond acceptors (Lipinski definition) is 5. The maximum absolute atomic E-state index is 11.5. The molecule has 0 aromatic rings. The normalized spacial score (nSPS) is 29.8. The van der Waals surface area contributed by atoms with Crippen LogP contribution in [0, 0.1) is 0 Å². The standard InChI is InChI=1S/C9H12N2O3S/c1-4-3-15-8-5(10)7(12)11(8)6(4)9(13)14-2/h5,8H,3,10H2,1-2H3/t5-,8-/m0/s1. The highest BCUT2D eigenvalue weighted by Crippen LogP contribution is 2.39. The number of rotatable bonds is 1. The van der Waals surface area contributed by atoms with Crippen LogP contribution in [0.1, 0.15) is 6.92 Å². The van der Waals surface area contributed by atoms with Gasteiger partial charge in [-0.15, -0.1) is 11.8 Å². The van der Waals surface area contributed by atoms with Crippen LogP contribution in [0.25, 0.3) is 0 Å². The highest BCUT2D eigenvalue weighted by atomic mass is 32.2. The van der Waals surface area contributed by atoms with Gasteiger partial charge < -0.3 is 10.5 Å². The van der Waals surface area contributed by atoms with Crippen LogP contribution in [0.15, 0.2) is 11.3 Å². The molecule has 6 heteroatoms. The molecule has 0 spiro atoms. The van der Waals surface area contributed by atoms with Crippen molar-refractivity contribution in [1.29, 1.82) is 0 Å². The highest BCUT2D eigenvalue weighted by Gasteiger charge is 2.51. The minimum Gasteiger partial charge on any atom is -0.464 e. The molecule has 0 aromatic heterocycles. The zero-order valence-corrected chi connectivity index (χ0v) is 9.34. The Morgan fingerprint density at radius 3 is 2.93 bits per heavy atom. The van der Waals surface area contributed by atoms with Crippen LogP contribution >= 0.6 is 11.8 Å². The van der Waals surface area contributed by atoms with E-state index in [1.807, 2.05) is 6.92 Å². The fourth-order valence-electron chi connectivity index (χ4n) is 1.76. The van der Waals surface area contributed by atoms with E-state index in [4.69, 9.17) is 5.73 Å². The quantitative estimate of drug-likeness (QED) is 0.491. The molecule has 5 nitrogen and oxygen atoms in total. The maximum Gasteiger partial charge on any atom is 0.354 e. The van der Waals surface area contributed by atoms with Gasteiger partial charge in [0.25, 0.3) is 0 Å². The van der Waals surface area contributed by atoms with Crippen LogP contribution in [0.3, 0.4) is 0 Å². The Labute approximate surface area is 91.6 Å². The first-order valence-corrected chi connectivity index (χ1v) is 5.61. The van der Waals surface area contributed by atoms with E-state index in [0.717, 1.165) is 5.57 Å². The van der Waals surface area contributed by atoms with Crippen LogP contribution in [0.4, 0.5) is 0 Å². The lowest BCUT2D eigenvalue weighted by atomic mass is 10.0. The monoisotopic (exact) mass is 228 g/mol. The predicted octanol–water partition coefficient (Wildman–Crippen LogP) is -0.324. The lowest BCUT2D eigenvalue weighted by Crippen LogP contribution is -2.68. The molecule has 1 saturated heterocycles. The molecule has 0 unspecified atom stereocenters. The van der Waals surface area contributed by atoms with Crippen molar-refractivity contribution in [2.24, 2.45) is 5.73 Å². The summed E-state index contributed by atoms with van der Waals surface area (Å²) in [5.41, 5.74) is 6.87. The summed E-state index contributed by atoms with van der Waals surface area (Å²) >= 11 is 1.58. The van der Waals surface area contributed by atoms with Gasteiger partial charge in [-0.05, 0) is 12.5 Å². The van der Waals surface area contributed by atoms with Gasteiger partial charge in [0.2, 0.25) is 5.91 Å². The highest BCUT2D eigenvalue weighted by molar-refractivity contribution is 8.00. The number of amides is 1. The predicted molar refractivity (Wildman–Crippen MR) is 55.8 cm³/mol. The molecule has 0 radical (unpaired) electrons. The Morgan fingerprint density at radius 1 is 1.67 bits per heavy atom. The summed E-state index contributed by atoms with van der Waals surface area (Å²) in [6.45, 7) is 1.83. The van der Waals surface area contributed by atoms with Crippen molar-refractivity contribution in [3.63, 3.8) is 0 Å². The fraction of sp³-hybridized carbons (Fsp3) is 0.556. The van der Waals surface area contributed by atoms with Crippen molar-refractivity contribution in [1.82, 2.24) is 4.90 Å². The van der Waals surface area contributed by atoms with Crippen molar-refractivity contribution in [2.75, 3.05) is 12.9 Å². The second kappa shape index (κ2) is 3.53. The number of fused-ring (bicyclic) bond motifs is 1. The minimum absolute atomic E-state index is 0.102. The van der Waals surface area contributed by atoms with Gasteiger partial charge in [0, 0.05) is 5.75 Å². The number of methoxy groups -OCH3 is 1. The molecule has 2 N–H and O–H groups in total. The van der Waals surface area contributed by atoms with Gasteiger partial charge in [-0.3, -0.25) is 9.69 Å². The minimum atomic E-state index is -0.484. The number of carbonyl (C=O) groups excluding carboxylic acids is 2. The number of nitrogens with two attached hydrogens (primary N) is 1. The van der Waals surface area contributed by atoms with E-state index in [2.05, 4.69) is 4.74 Å². The first-order valence-electron chi connectivity index (χ1n) is 4.56. The number of thioether (sulfide) groups is 1. The molecule has 2 heterocycles. The van der Waals surface area contributed by atoms with Crippen molar-refractivity contribution in [3.05, 3.63) is 11.3 Å². The summed E-state index contributed by atoms with van der Waals surface area (Å²) in [6, 6.07) is -0.484. The van der Waals surface area contributed by atoms with Gasteiger partial charge in [-0.25, -0.2) is 4.79 Å². The van der Waals surface area contributed by atoms with E-state index >= 15 is 0 Å². The van der Waals surface area contributed by atoms with Gasteiger partial charge in [-0.2, -0.15) is 0 Å². The molecule has 0 saturated carbocycles. The molecule has 2 aliphatic heterocycles. The van der Waals surface area contributed by atoms with Gasteiger partial charge in [-0.1, -0.05) is 0 Å². The molecule has 2 atom stereocenters. The number of nitrogens with zero attached hydrogens (tertiary/aromatic N) is 1. The van der Waals surface area contributed by atoms with E-state index in [9.17, 15) is 9.59 Å². The largest absolute Gasteiger partial charge is 0.464 e. The molecule has 2 rings (SSSR count). The first-order chi connectivity index (χ1) is 7.07. The summed E-state index contributed by atoms with van der Waals surface area (Å²) in [7, 11) is 1.31. The smallest absolute Gasteiger partial charge is 0.354 e. The van der Waals surface area contributed by atoms with Crippen molar-refractivity contribution in [3.8, 4) is 0 Å². The number of hydrogen-bond donors (Lipinski definition) is 1. The maximum atomic E-state index is 11.5. The van der Waals surface area contributed by atoms with Gasteiger partial charge in [0.1, 0.15) is 17.1 Å². The van der Waals surface area contributed by atoms with Crippen LogP contribution in [0.5, 0.6) is 0 Å². The van der Waals surface area contributed by atoms with E-state index in [1.54, 1.807) is 11.8 Å². The molecule has 0 bridgehead atoms. The Morgan fingerprint density at radius 2 is 2.33 bits per heavy atom. The van der Waals surface area contributed by atoms with Gasteiger partial charge in [0.05, 0.1) is 7.11 Å². The van der Waals surface area contributed by atoms with E-state index < -0.39 is 12.0 Å². The van der Waals surface area contributed by atoms with E-state index in [1.165, 1.54) is 12.0 Å². The summed E-state index contributed by atoms with van der Waals surface area (Å²) < 4.78 is 4.66. The second-order valence-electron chi connectivity index (χ2n) is 3.56. The molecular weight excluding hydrogens is 216 g/mol. The summed E-state index contributed by atoms with van der Waals surface area (Å²) in [4.78, 5) is 24.5. The van der Waals surface area contributed by atoms with Crippen molar-refractivity contribution >= 4 is 23.6 Å². The van der Waals surface area contributed by atoms with E-state index in [0.29, 0.717) is 11.4 Å². The SMILES string of the molecule is COC(=O)C1=C(C)CS[C@H]2[C@@H](N)C(=O)N12. The molecule has 0 aliphatic carbocycles. The average molecular weight is 228 g/mol. The number of ether oxygens (including phenoxy) is 1. The average Bonchev–Trinajstić information content (AvgIpc) is 2.26. The van der Waals surface area contributed by atoms with Crippen molar-refractivity contribution < 1.29 is 14.3 Å². The molecule has 1 fully saturated rings. The Hall–Kier alpha value is -1.01. The zero-order chi connectivity index (χ0) is 11.2. The molecule has 2 aliphatic rings. The zero-order valence-electron chi connectivity index (χ0n) is 8.52. The first kappa shape index (κ1) is 10.5. The molecule has 0 aromatic carbocycles. The fourth-order valence-corrected chi connectivity index (χ4v) is 3.00. The Kier molecular flexibility index (Phi) is 2.47. The van der Waals surface area contributed by atoms with Gasteiger partial charge >= 0.3 is 5.97 Å². The van der Waals surface area contributed by atoms with Crippen LogP contribution in [-0.2, 0) is 14.3 Å². The van der Waals surface area contributed by atoms with Crippen molar-refractivity contribution in [2.45, 2.75) is 18.3 Å². The summed E-state index contributed by atoms with van der Waals surface area (Å²) in [5.74, 6) is 0.0528. The second-order valence-corrected chi connectivity index (χ2v) is 4.66.